The molecule has 8 heteroatoms. The van der Waals surface area contributed by atoms with Crippen LogP contribution in [0.4, 0.5) is 5.69 Å². The van der Waals surface area contributed by atoms with E-state index in [9.17, 15) is 0 Å². The van der Waals surface area contributed by atoms with Crippen molar-refractivity contribution in [2.75, 3.05) is 58.4 Å². The Morgan fingerprint density at radius 3 is 2.50 bits per heavy atom. The van der Waals surface area contributed by atoms with Crippen LogP contribution in [-0.2, 0) is 11.3 Å². The summed E-state index contributed by atoms with van der Waals surface area (Å²) < 4.78 is 5.54. The lowest BCUT2D eigenvalue weighted by Crippen LogP contribution is -2.46. The Labute approximate surface area is 201 Å². The average Bonchev–Trinajstić information content (AvgIpc) is 3.27. The van der Waals surface area contributed by atoms with E-state index in [1.807, 2.05) is 11.3 Å². The third-order valence-corrected chi connectivity index (χ3v) is 6.01. The van der Waals surface area contributed by atoms with E-state index in [0.29, 0.717) is 12.6 Å². The van der Waals surface area contributed by atoms with Crippen molar-refractivity contribution in [3.8, 4) is 0 Å². The maximum atomic E-state index is 5.54. The normalized spacial score (nSPS) is 15.9. The zero-order valence-electron chi connectivity index (χ0n) is 18.1. The molecule has 0 spiro atoms. The minimum absolute atomic E-state index is 0. The molecule has 1 unspecified atom stereocenters. The van der Waals surface area contributed by atoms with E-state index in [1.54, 1.807) is 0 Å². The van der Waals surface area contributed by atoms with Crippen LogP contribution in [0.1, 0.15) is 23.4 Å². The predicted octanol–water partition coefficient (Wildman–Crippen LogP) is 3.56. The van der Waals surface area contributed by atoms with Gasteiger partial charge in [-0.15, -0.1) is 35.3 Å². The summed E-state index contributed by atoms with van der Waals surface area (Å²) >= 11 is 1.82. The molecule has 166 valence electrons. The summed E-state index contributed by atoms with van der Waals surface area (Å²) in [5, 5.41) is 9.09. The number of ether oxygens (including phenoxy) is 1. The number of hydrogen-bond donors (Lipinski definition) is 2. The molecule has 30 heavy (non-hydrogen) atoms. The average molecular weight is 544 g/mol. The van der Waals surface area contributed by atoms with Gasteiger partial charge in [-0.2, -0.15) is 0 Å². The molecular formula is C22H34IN5OS. The zero-order valence-corrected chi connectivity index (χ0v) is 21.3. The monoisotopic (exact) mass is 543 g/mol. The first-order chi connectivity index (χ1) is 14.2. The third kappa shape index (κ3) is 7.40. The fraction of sp³-hybridized carbons (Fsp3) is 0.500. The zero-order chi connectivity index (χ0) is 20.5. The maximum absolute atomic E-state index is 5.54. The Morgan fingerprint density at radius 2 is 1.90 bits per heavy atom. The summed E-state index contributed by atoms with van der Waals surface area (Å²) in [4.78, 5) is 10.8. The molecule has 1 saturated heterocycles. The van der Waals surface area contributed by atoms with Crippen molar-refractivity contribution in [1.82, 2.24) is 15.5 Å². The number of anilines is 1. The van der Waals surface area contributed by atoms with Crippen molar-refractivity contribution in [1.29, 1.82) is 0 Å². The molecule has 1 atom stereocenters. The van der Waals surface area contributed by atoms with E-state index < -0.39 is 0 Å². The number of halogens is 1. The molecule has 2 N–H and O–H groups in total. The van der Waals surface area contributed by atoms with Gasteiger partial charge in [-0.3, -0.25) is 4.90 Å². The SMILES string of the molecule is CCNC(=NCc1ccc(N(C)C)cc1)NCC(c1cccs1)N1CCOCC1.I. The van der Waals surface area contributed by atoms with Crippen LogP contribution in [0.2, 0.25) is 0 Å². The van der Waals surface area contributed by atoms with Crippen LogP contribution in [0.25, 0.3) is 0 Å². The first-order valence-electron chi connectivity index (χ1n) is 10.3. The Hall–Kier alpha value is -1.36. The van der Waals surface area contributed by atoms with Crippen molar-refractivity contribution in [2.45, 2.75) is 19.5 Å². The molecule has 1 aromatic heterocycles. The number of benzene rings is 1. The van der Waals surface area contributed by atoms with Crippen molar-refractivity contribution in [3.05, 3.63) is 52.2 Å². The van der Waals surface area contributed by atoms with Crippen LogP contribution in [0.15, 0.2) is 46.8 Å². The van der Waals surface area contributed by atoms with E-state index in [4.69, 9.17) is 9.73 Å². The van der Waals surface area contributed by atoms with E-state index >= 15 is 0 Å². The van der Waals surface area contributed by atoms with E-state index in [0.717, 1.165) is 45.4 Å². The Bertz CT molecular complexity index is 745. The van der Waals surface area contributed by atoms with E-state index in [1.165, 1.54) is 16.1 Å². The lowest BCUT2D eigenvalue weighted by Gasteiger charge is -2.34. The number of thiophene rings is 1. The summed E-state index contributed by atoms with van der Waals surface area (Å²) in [5.41, 5.74) is 2.41. The molecule has 0 bridgehead atoms. The van der Waals surface area contributed by atoms with Gasteiger partial charge in [-0.1, -0.05) is 18.2 Å². The van der Waals surface area contributed by atoms with E-state index in [2.05, 4.69) is 83.2 Å². The molecule has 1 aromatic carbocycles. The largest absolute Gasteiger partial charge is 0.379 e. The third-order valence-electron chi connectivity index (χ3n) is 5.04. The van der Waals surface area contributed by atoms with Crippen LogP contribution in [0.3, 0.4) is 0 Å². The van der Waals surface area contributed by atoms with Gasteiger partial charge in [0.1, 0.15) is 0 Å². The lowest BCUT2D eigenvalue weighted by molar-refractivity contribution is 0.0177. The van der Waals surface area contributed by atoms with Crippen LogP contribution in [-0.4, -0.2) is 64.3 Å². The van der Waals surface area contributed by atoms with Crippen LogP contribution in [0, 0.1) is 0 Å². The highest BCUT2D eigenvalue weighted by Gasteiger charge is 2.23. The van der Waals surface area contributed by atoms with Gasteiger partial charge in [0.25, 0.3) is 0 Å². The highest BCUT2D eigenvalue weighted by molar-refractivity contribution is 14.0. The Kier molecular flexibility index (Phi) is 10.9. The van der Waals surface area contributed by atoms with Gasteiger partial charge in [0, 0.05) is 50.8 Å². The van der Waals surface area contributed by atoms with Gasteiger partial charge in [0.05, 0.1) is 25.8 Å². The number of hydrogen-bond acceptors (Lipinski definition) is 5. The molecule has 0 saturated carbocycles. The molecule has 0 aliphatic carbocycles. The highest BCUT2D eigenvalue weighted by atomic mass is 127. The first kappa shape index (κ1) is 24.9. The van der Waals surface area contributed by atoms with Gasteiger partial charge in [0.15, 0.2) is 5.96 Å². The molecule has 0 radical (unpaired) electrons. The second-order valence-corrected chi connectivity index (χ2v) is 8.30. The van der Waals surface area contributed by atoms with Crippen LogP contribution < -0.4 is 15.5 Å². The minimum Gasteiger partial charge on any atom is -0.379 e. The molecule has 0 amide bonds. The van der Waals surface area contributed by atoms with Gasteiger partial charge in [-0.05, 0) is 36.1 Å². The first-order valence-corrected chi connectivity index (χ1v) is 11.2. The number of rotatable bonds is 8. The smallest absolute Gasteiger partial charge is 0.191 e. The second-order valence-electron chi connectivity index (χ2n) is 7.32. The van der Waals surface area contributed by atoms with Gasteiger partial charge >= 0.3 is 0 Å². The number of morpholine rings is 1. The van der Waals surface area contributed by atoms with Crippen LogP contribution >= 0.6 is 35.3 Å². The molecular weight excluding hydrogens is 509 g/mol. The number of guanidine groups is 1. The minimum atomic E-state index is 0. The molecule has 3 rings (SSSR count). The molecule has 2 aromatic rings. The standard InChI is InChI=1S/C22H33N5OS.HI/c1-4-23-22(24-16-18-7-9-19(10-8-18)26(2)3)25-17-20(21-6-5-15-29-21)27-11-13-28-14-12-27;/h5-10,15,20H,4,11-14,16-17H2,1-3H3,(H2,23,24,25);1H. The Balaban J connectivity index is 0.00000320. The van der Waals surface area contributed by atoms with E-state index in [-0.39, 0.29) is 24.0 Å². The van der Waals surface area contributed by atoms with Gasteiger partial charge < -0.3 is 20.3 Å². The number of nitrogens with zero attached hydrogens (tertiary/aromatic N) is 3. The van der Waals surface area contributed by atoms with Crippen molar-refractivity contribution in [3.63, 3.8) is 0 Å². The summed E-state index contributed by atoms with van der Waals surface area (Å²) in [5.74, 6) is 0.860. The van der Waals surface area contributed by atoms with Crippen molar-refractivity contribution in [2.24, 2.45) is 4.99 Å². The summed E-state index contributed by atoms with van der Waals surface area (Å²) in [6, 6.07) is 13.2. The summed E-state index contributed by atoms with van der Waals surface area (Å²) in [6.45, 7) is 7.97. The molecule has 1 aliphatic rings. The molecule has 2 heterocycles. The molecule has 1 fully saturated rings. The Morgan fingerprint density at radius 1 is 1.17 bits per heavy atom. The quantitative estimate of drug-likeness (QED) is 0.303. The number of aliphatic imine (C=N–C) groups is 1. The summed E-state index contributed by atoms with van der Waals surface area (Å²) in [7, 11) is 4.11. The van der Waals surface area contributed by atoms with Crippen LogP contribution in [0.5, 0.6) is 0 Å². The highest BCUT2D eigenvalue weighted by Crippen LogP contribution is 2.25. The van der Waals surface area contributed by atoms with Crippen molar-refractivity contribution >= 4 is 47.0 Å². The summed E-state index contributed by atoms with van der Waals surface area (Å²) in [6.07, 6.45) is 0. The number of nitrogens with one attached hydrogen (secondary N) is 2. The van der Waals surface area contributed by atoms with Crippen molar-refractivity contribution < 1.29 is 4.74 Å². The topological polar surface area (TPSA) is 52.1 Å². The molecule has 1 aliphatic heterocycles. The predicted molar refractivity (Wildman–Crippen MR) is 138 cm³/mol. The lowest BCUT2D eigenvalue weighted by atomic mass is 10.2. The maximum Gasteiger partial charge on any atom is 0.191 e. The fourth-order valence-corrected chi connectivity index (χ4v) is 4.25. The van der Waals surface area contributed by atoms with Gasteiger partial charge in [0.2, 0.25) is 0 Å². The second kappa shape index (κ2) is 13.1. The van der Waals surface area contributed by atoms with Gasteiger partial charge in [-0.25, -0.2) is 4.99 Å². The fourth-order valence-electron chi connectivity index (χ4n) is 3.38. The molecule has 6 nitrogen and oxygen atoms in total.